The summed E-state index contributed by atoms with van der Waals surface area (Å²) < 4.78 is 0. The number of pyridine rings is 1. The summed E-state index contributed by atoms with van der Waals surface area (Å²) >= 11 is 0. The average molecular weight is 213 g/mol. The molecule has 80 valence electrons. The highest BCUT2D eigenvalue weighted by Crippen LogP contribution is 2.05. The Morgan fingerprint density at radius 1 is 1.06 bits per heavy atom. The van der Waals surface area contributed by atoms with E-state index in [-0.39, 0.29) is 11.3 Å². The number of aromatic nitrogens is 1. The SMILES string of the molecule is O=C(Cc1ccc(=O)[nH]c1)c1ccccc1. The van der Waals surface area contributed by atoms with Crippen molar-refractivity contribution in [2.75, 3.05) is 0 Å². The quantitative estimate of drug-likeness (QED) is 0.790. The maximum Gasteiger partial charge on any atom is 0.247 e. The van der Waals surface area contributed by atoms with Gasteiger partial charge in [0.15, 0.2) is 5.78 Å². The standard InChI is InChI=1S/C13H11NO2/c15-12(11-4-2-1-3-5-11)8-10-6-7-13(16)14-9-10/h1-7,9H,8H2,(H,14,16). The summed E-state index contributed by atoms with van der Waals surface area (Å²) in [6.45, 7) is 0. The molecular weight excluding hydrogens is 202 g/mol. The molecule has 0 saturated heterocycles. The Balaban J connectivity index is 2.14. The number of H-pyrrole nitrogens is 1. The fourth-order valence-corrected chi connectivity index (χ4v) is 1.46. The highest BCUT2D eigenvalue weighted by atomic mass is 16.1. The topological polar surface area (TPSA) is 49.9 Å². The van der Waals surface area contributed by atoms with Crippen LogP contribution < -0.4 is 5.56 Å². The van der Waals surface area contributed by atoms with E-state index < -0.39 is 0 Å². The predicted octanol–water partition coefficient (Wildman–Crippen LogP) is 1.80. The van der Waals surface area contributed by atoms with Crippen LogP contribution in [0.15, 0.2) is 53.5 Å². The largest absolute Gasteiger partial charge is 0.329 e. The number of aromatic amines is 1. The fourth-order valence-electron chi connectivity index (χ4n) is 1.46. The van der Waals surface area contributed by atoms with Crippen LogP contribution in [0, 0.1) is 0 Å². The van der Waals surface area contributed by atoms with Gasteiger partial charge in [0.05, 0.1) is 0 Å². The molecule has 2 aromatic rings. The summed E-state index contributed by atoms with van der Waals surface area (Å²) in [5.41, 5.74) is 1.35. The third-order valence-electron chi connectivity index (χ3n) is 2.31. The molecule has 0 aliphatic carbocycles. The second kappa shape index (κ2) is 4.57. The van der Waals surface area contributed by atoms with E-state index in [4.69, 9.17) is 0 Å². The third kappa shape index (κ3) is 2.45. The number of ketones is 1. The van der Waals surface area contributed by atoms with E-state index in [9.17, 15) is 9.59 Å². The van der Waals surface area contributed by atoms with Crippen molar-refractivity contribution in [2.24, 2.45) is 0 Å². The van der Waals surface area contributed by atoms with Crippen molar-refractivity contribution < 1.29 is 4.79 Å². The van der Waals surface area contributed by atoms with E-state index in [1.54, 1.807) is 24.4 Å². The number of carbonyl (C=O) groups excluding carboxylic acids is 1. The molecule has 1 aromatic heterocycles. The lowest BCUT2D eigenvalue weighted by molar-refractivity contribution is 0.0993. The fraction of sp³-hybridized carbons (Fsp3) is 0.0769. The van der Waals surface area contributed by atoms with Gasteiger partial charge in [0, 0.05) is 24.2 Å². The smallest absolute Gasteiger partial charge is 0.247 e. The Labute approximate surface area is 92.8 Å². The van der Waals surface area contributed by atoms with E-state index in [0.717, 1.165) is 5.56 Å². The zero-order valence-electron chi connectivity index (χ0n) is 8.64. The highest BCUT2D eigenvalue weighted by Gasteiger charge is 2.05. The van der Waals surface area contributed by atoms with Gasteiger partial charge in [0.1, 0.15) is 0 Å². The van der Waals surface area contributed by atoms with Crippen molar-refractivity contribution in [3.8, 4) is 0 Å². The van der Waals surface area contributed by atoms with E-state index >= 15 is 0 Å². The van der Waals surface area contributed by atoms with Crippen LogP contribution in [0.5, 0.6) is 0 Å². The molecule has 0 saturated carbocycles. The molecule has 0 spiro atoms. The molecule has 0 radical (unpaired) electrons. The molecule has 0 bridgehead atoms. The molecule has 2 rings (SSSR count). The van der Waals surface area contributed by atoms with Gasteiger partial charge in [-0.15, -0.1) is 0 Å². The van der Waals surface area contributed by atoms with E-state index in [1.165, 1.54) is 6.07 Å². The Hall–Kier alpha value is -2.16. The molecule has 3 nitrogen and oxygen atoms in total. The van der Waals surface area contributed by atoms with Gasteiger partial charge in [-0.3, -0.25) is 9.59 Å². The molecule has 0 aliphatic rings. The number of hydrogen-bond acceptors (Lipinski definition) is 2. The lowest BCUT2D eigenvalue weighted by Crippen LogP contribution is -2.07. The van der Waals surface area contributed by atoms with Crippen LogP contribution in [0.4, 0.5) is 0 Å². The lowest BCUT2D eigenvalue weighted by Gasteiger charge is -2.00. The minimum Gasteiger partial charge on any atom is -0.329 e. The Morgan fingerprint density at radius 3 is 2.44 bits per heavy atom. The average Bonchev–Trinajstić information content (AvgIpc) is 2.33. The summed E-state index contributed by atoms with van der Waals surface area (Å²) in [5, 5.41) is 0. The summed E-state index contributed by atoms with van der Waals surface area (Å²) in [7, 11) is 0. The van der Waals surface area contributed by atoms with Gasteiger partial charge < -0.3 is 4.98 Å². The van der Waals surface area contributed by atoms with Gasteiger partial charge in [-0.25, -0.2) is 0 Å². The minimum atomic E-state index is -0.157. The van der Waals surface area contributed by atoms with Gasteiger partial charge >= 0.3 is 0 Å². The van der Waals surface area contributed by atoms with Crippen LogP contribution in [0.25, 0.3) is 0 Å². The van der Waals surface area contributed by atoms with Gasteiger partial charge in [0.2, 0.25) is 5.56 Å². The summed E-state index contributed by atoms with van der Waals surface area (Å²) in [6.07, 6.45) is 1.88. The first-order valence-electron chi connectivity index (χ1n) is 5.01. The first kappa shape index (κ1) is 10.4. The number of hydrogen-bond donors (Lipinski definition) is 1. The second-order valence-corrected chi connectivity index (χ2v) is 3.53. The number of nitrogens with one attached hydrogen (secondary N) is 1. The number of rotatable bonds is 3. The molecule has 0 atom stereocenters. The Bertz CT molecular complexity index is 523. The van der Waals surface area contributed by atoms with Crippen LogP contribution in [0.1, 0.15) is 15.9 Å². The number of benzene rings is 1. The Morgan fingerprint density at radius 2 is 1.81 bits per heavy atom. The van der Waals surface area contributed by atoms with Gasteiger partial charge in [-0.05, 0) is 5.56 Å². The van der Waals surface area contributed by atoms with Crippen molar-refractivity contribution in [3.05, 3.63) is 70.1 Å². The highest BCUT2D eigenvalue weighted by molar-refractivity contribution is 5.97. The van der Waals surface area contributed by atoms with Crippen LogP contribution in [-0.2, 0) is 6.42 Å². The monoisotopic (exact) mass is 213 g/mol. The predicted molar refractivity (Wildman–Crippen MR) is 61.5 cm³/mol. The molecule has 0 fully saturated rings. The first-order valence-corrected chi connectivity index (χ1v) is 5.01. The Kier molecular flexibility index (Phi) is 2.96. The van der Waals surface area contributed by atoms with Gasteiger partial charge in [-0.1, -0.05) is 36.4 Å². The number of carbonyl (C=O) groups is 1. The molecule has 1 aromatic carbocycles. The molecule has 1 heterocycles. The maximum atomic E-state index is 11.8. The van der Waals surface area contributed by atoms with Crippen molar-refractivity contribution in [3.63, 3.8) is 0 Å². The van der Waals surface area contributed by atoms with Crippen molar-refractivity contribution in [2.45, 2.75) is 6.42 Å². The second-order valence-electron chi connectivity index (χ2n) is 3.53. The minimum absolute atomic E-state index is 0.0487. The summed E-state index contributed by atoms with van der Waals surface area (Å²) in [4.78, 5) is 25.2. The first-order chi connectivity index (χ1) is 7.75. The zero-order chi connectivity index (χ0) is 11.4. The van der Waals surface area contributed by atoms with Crippen molar-refractivity contribution in [1.82, 2.24) is 4.98 Å². The molecule has 0 aliphatic heterocycles. The molecular formula is C13H11NO2. The normalized spacial score (nSPS) is 10.0. The van der Waals surface area contributed by atoms with E-state index in [1.807, 2.05) is 18.2 Å². The molecule has 3 heteroatoms. The number of Topliss-reactive ketones (excluding diaryl/α,β-unsaturated/α-hetero) is 1. The molecule has 1 N–H and O–H groups in total. The van der Waals surface area contributed by atoms with Crippen LogP contribution >= 0.6 is 0 Å². The third-order valence-corrected chi connectivity index (χ3v) is 2.31. The molecule has 0 amide bonds. The molecule has 16 heavy (non-hydrogen) atoms. The maximum absolute atomic E-state index is 11.8. The summed E-state index contributed by atoms with van der Waals surface area (Å²) in [5.74, 6) is 0.0487. The lowest BCUT2D eigenvalue weighted by atomic mass is 10.0. The van der Waals surface area contributed by atoms with E-state index in [2.05, 4.69) is 4.98 Å². The van der Waals surface area contributed by atoms with Crippen LogP contribution in [0.3, 0.4) is 0 Å². The zero-order valence-corrected chi connectivity index (χ0v) is 8.64. The van der Waals surface area contributed by atoms with Crippen LogP contribution in [-0.4, -0.2) is 10.8 Å². The van der Waals surface area contributed by atoms with Crippen molar-refractivity contribution in [1.29, 1.82) is 0 Å². The van der Waals surface area contributed by atoms with Gasteiger partial charge in [-0.2, -0.15) is 0 Å². The van der Waals surface area contributed by atoms with Gasteiger partial charge in [0.25, 0.3) is 0 Å². The summed E-state index contributed by atoms with van der Waals surface area (Å²) in [6, 6.07) is 12.2. The van der Waals surface area contributed by atoms with Crippen LogP contribution in [0.2, 0.25) is 0 Å². The molecule has 0 unspecified atom stereocenters. The van der Waals surface area contributed by atoms with E-state index in [0.29, 0.717) is 12.0 Å². The van der Waals surface area contributed by atoms with Crippen molar-refractivity contribution >= 4 is 5.78 Å².